The second-order valence-corrected chi connectivity index (χ2v) is 7.21. The summed E-state index contributed by atoms with van der Waals surface area (Å²) in [6.45, 7) is 0.496. The van der Waals surface area contributed by atoms with E-state index < -0.39 is 6.09 Å². The Morgan fingerprint density at radius 2 is 1.73 bits per heavy atom. The first-order chi connectivity index (χ1) is 14.6. The van der Waals surface area contributed by atoms with Crippen molar-refractivity contribution in [2.24, 2.45) is 0 Å². The topological polar surface area (TPSA) is 85.9 Å². The molecule has 2 aromatic rings. The minimum atomic E-state index is -0.553. The van der Waals surface area contributed by atoms with Crippen LogP contribution >= 0.6 is 0 Å². The van der Waals surface area contributed by atoms with Gasteiger partial charge in [0, 0.05) is 17.8 Å². The number of anilines is 1. The second kappa shape index (κ2) is 10.5. The molecule has 0 saturated heterocycles. The first-order valence-electron chi connectivity index (χ1n) is 10.2. The third-order valence-corrected chi connectivity index (χ3v) is 5.10. The van der Waals surface area contributed by atoms with Gasteiger partial charge < -0.3 is 19.5 Å². The Bertz CT molecular complexity index is 860. The molecule has 1 aliphatic carbocycles. The Hall–Kier alpha value is -3.22. The number of benzene rings is 2. The number of methoxy groups -OCH3 is 2. The normalized spacial score (nSPS) is 13.5. The number of nitrogens with one attached hydrogen (secondary N) is 2. The number of hydrogen-bond donors (Lipinski definition) is 2. The van der Waals surface area contributed by atoms with Crippen molar-refractivity contribution in [2.75, 3.05) is 26.1 Å². The summed E-state index contributed by atoms with van der Waals surface area (Å²) in [6, 6.07) is 12.5. The van der Waals surface area contributed by atoms with Crippen molar-refractivity contribution in [3.8, 4) is 11.5 Å². The molecule has 7 heteroatoms. The van der Waals surface area contributed by atoms with Gasteiger partial charge in [-0.3, -0.25) is 10.1 Å². The Morgan fingerprint density at radius 1 is 1.00 bits per heavy atom. The van der Waals surface area contributed by atoms with Gasteiger partial charge in [-0.15, -0.1) is 0 Å². The van der Waals surface area contributed by atoms with E-state index in [9.17, 15) is 9.59 Å². The number of hydrogen-bond acceptors (Lipinski definition) is 5. The lowest BCUT2D eigenvalue weighted by atomic mass is 10.1. The summed E-state index contributed by atoms with van der Waals surface area (Å²) < 4.78 is 16.1. The van der Waals surface area contributed by atoms with Crippen LogP contribution in [0.5, 0.6) is 11.5 Å². The summed E-state index contributed by atoms with van der Waals surface area (Å²) in [6.07, 6.45) is 4.96. The van der Waals surface area contributed by atoms with Gasteiger partial charge in [-0.05, 0) is 74.1 Å². The van der Waals surface area contributed by atoms with Crippen molar-refractivity contribution in [1.29, 1.82) is 0 Å². The molecule has 1 aliphatic rings. The van der Waals surface area contributed by atoms with Gasteiger partial charge in [0.05, 0.1) is 20.3 Å². The third kappa shape index (κ3) is 5.89. The highest BCUT2D eigenvalue weighted by Gasteiger charge is 2.18. The Labute approximate surface area is 176 Å². The van der Waals surface area contributed by atoms with Crippen molar-refractivity contribution < 1.29 is 23.8 Å². The van der Waals surface area contributed by atoms with E-state index in [1.54, 1.807) is 31.4 Å². The third-order valence-electron chi connectivity index (χ3n) is 5.10. The highest BCUT2D eigenvalue weighted by molar-refractivity contribution is 5.95. The fourth-order valence-corrected chi connectivity index (χ4v) is 3.45. The van der Waals surface area contributed by atoms with Gasteiger partial charge >= 0.3 is 6.09 Å². The van der Waals surface area contributed by atoms with E-state index in [1.165, 1.54) is 20.0 Å². The van der Waals surface area contributed by atoms with E-state index in [0.717, 1.165) is 29.9 Å². The highest BCUT2D eigenvalue weighted by atomic mass is 16.5. The predicted molar refractivity (Wildman–Crippen MR) is 114 cm³/mol. The molecule has 0 atom stereocenters. The molecule has 3 rings (SSSR count). The quantitative estimate of drug-likeness (QED) is 0.680. The van der Waals surface area contributed by atoms with E-state index in [0.29, 0.717) is 24.2 Å². The van der Waals surface area contributed by atoms with Crippen LogP contribution in [0, 0.1) is 0 Å². The molecule has 1 saturated carbocycles. The average molecular weight is 412 g/mol. The highest BCUT2D eigenvalue weighted by Crippen LogP contribution is 2.32. The van der Waals surface area contributed by atoms with E-state index in [2.05, 4.69) is 15.4 Å². The maximum atomic E-state index is 12.4. The second-order valence-electron chi connectivity index (χ2n) is 7.21. The average Bonchev–Trinajstić information content (AvgIpc) is 3.27. The minimum Gasteiger partial charge on any atom is -0.493 e. The first kappa shape index (κ1) is 21.5. The number of ether oxygens (including phenoxy) is 3. The Morgan fingerprint density at radius 3 is 2.40 bits per heavy atom. The van der Waals surface area contributed by atoms with Gasteiger partial charge in [-0.25, -0.2) is 4.79 Å². The van der Waals surface area contributed by atoms with Crippen LogP contribution in [0.4, 0.5) is 10.5 Å². The van der Waals surface area contributed by atoms with Crippen LogP contribution in [0.15, 0.2) is 42.5 Å². The van der Waals surface area contributed by atoms with Crippen LogP contribution in [0.1, 0.15) is 41.6 Å². The van der Waals surface area contributed by atoms with Crippen LogP contribution in [0.2, 0.25) is 0 Å². The van der Waals surface area contributed by atoms with Gasteiger partial charge in [-0.2, -0.15) is 0 Å². The van der Waals surface area contributed by atoms with Crippen LogP contribution in [0.25, 0.3) is 0 Å². The van der Waals surface area contributed by atoms with E-state index >= 15 is 0 Å². The summed E-state index contributed by atoms with van der Waals surface area (Å²) in [5.74, 6) is 1.33. The van der Waals surface area contributed by atoms with Gasteiger partial charge in [0.25, 0.3) is 5.91 Å². The van der Waals surface area contributed by atoms with Gasteiger partial charge in [0.2, 0.25) is 0 Å². The van der Waals surface area contributed by atoms with Crippen molar-refractivity contribution in [3.05, 3.63) is 53.6 Å². The predicted octanol–water partition coefficient (Wildman–Crippen LogP) is 4.17. The fourth-order valence-electron chi connectivity index (χ4n) is 3.45. The molecule has 0 aromatic heterocycles. The number of carbonyl (C=O) groups excluding carboxylic acids is 2. The summed E-state index contributed by atoms with van der Waals surface area (Å²) >= 11 is 0. The summed E-state index contributed by atoms with van der Waals surface area (Å²) in [7, 11) is 2.94. The smallest absolute Gasteiger partial charge is 0.411 e. The monoisotopic (exact) mass is 412 g/mol. The molecule has 0 aliphatic heterocycles. The van der Waals surface area contributed by atoms with E-state index in [-0.39, 0.29) is 12.0 Å². The fraction of sp³-hybridized carbons (Fsp3) is 0.391. The molecule has 2 aromatic carbocycles. The van der Waals surface area contributed by atoms with E-state index in [4.69, 9.17) is 9.47 Å². The Balaban J connectivity index is 1.52. The minimum absolute atomic E-state index is 0.171. The van der Waals surface area contributed by atoms with Crippen LogP contribution in [-0.2, 0) is 11.2 Å². The summed E-state index contributed by atoms with van der Waals surface area (Å²) in [5.41, 5.74) is 2.15. The zero-order valence-electron chi connectivity index (χ0n) is 17.4. The standard InChI is InChI=1S/C23H28N2O5/c1-28-20-12-7-16(15-21(20)30-19-5-3-4-6-19)13-14-24-22(26)17-8-10-18(11-9-17)25-23(27)29-2/h7-12,15,19H,3-6,13-14H2,1-2H3,(H,24,26)(H,25,27). The number of amides is 2. The molecule has 0 bridgehead atoms. The molecule has 2 amide bonds. The largest absolute Gasteiger partial charge is 0.493 e. The van der Waals surface area contributed by atoms with Crippen molar-refractivity contribution in [3.63, 3.8) is 0 Å². The maximum Gasteiger partial charge on any atom is 0.411 e. The zero-order valence-corrected chi connectivity index (χ0v) is 17.4. The van der Waals surface area contributed by atoms with Gasteiger partial charge in [0.15, 0.2) is 11.5 Å². The van der Waals surface area contributed by atoms with Gasteiger partial charge in [-0.1, -0.05) is 6.07 Å². The molecule has 1 fully saturated rings. The van der Waals surface area contributed by atoms with Crippen molar-refractivity contribution in [2.45, 2.75) is 38.2 Å². The molecule has 160 valence electrons. The molecule has 0 spiro atoms. The molecule has 0 radical (unpaired) electrons. The molecular weight excluding hydrogens is 384 g/mol. The molecule has 0 unspecified atom stereocenters. The zero-order chi connectivity index (χ0) is 21.3. The van der Waals surface area contributed by atoms with Gasteiger partial charge in [0.1, 0.15) is 0 Å². The molecule has 7 nitrogen and oxygen atoms in total. The van der Waals surface area contributed by atoms with Crippen molar-refractivity contribution >= 4 is 17.7 Å². The van der Waals surface area contributed by atoms with Crippen LogP contribution in [-0.4, -0.2) is 38.9 Å². The molecular formula is C23H28N2O5. The molecule has 0 heterocycles. The first-order valence-corrected chi connectivity index (χ1v) is 10.2. The lowest BCUT2D eigenvalue weighted by molar-refractivity contribution is 0.0954. The SMILES string of the molecule is COC(=O)Nc1ccc(C(=O)NCCc2ccc(OC)c(OC3CCCC3)c2)cc1. The lowest BCUT2D eigenvalue weighted by Crippen LogP contribution is -2.25. The van der Waals surface area contributed by atoms with Crippen LogP contribution in [0.3, 0.4) is 0 Å². The van der Waals surface area contributed by atoms with E-state index in [1.807, 2.05) is 18.2 Å². The summed E-state index contributed by atoms with van der Waals surface area (Å²) in [5, 5.41) is 5.46. The Kier molecular flexibility index (Phi) is 7.54. The summed E-state index contributed by atoms with van der Waals surface area (Å²) in [4.78, 5) is 23.6. The van der Waals surface area contributed by atoms with Crippen molar-refractivity contribution in [1.82, 2.24) is 5.32 Å². The number of rotatable bonds is 8. The van der Waals surface area contributed by atoms with Crippen LogP contribution < -0.4 is 20.1 Å². The number of carbonyl (C=O) groups is 2. The molecule has 30 heavy (non-hydrogen) atoms. The molecule has 2 N–H and O–H groups in total. The lowest BCUT2D eigenvalue weighted by Gasteiger charge is -2.17. The maximum absolute atomic E-state index is 12.4.